The third kappa shape index (κ3) is 6.48. The average molecular weight is 429 g/mol. The number of rotatable bonds is 6. The van der Waals surface area contributed by atoms with Crippen LogP contribution in [0.5, 0.6) is 5.75 Å². The molecule has 4 nitrogen and oxygen atoms in total. The number of carbonyl (C=O) groups excluding carboxylic acids is 1. The van der Waals surface area contributed by atoms with Crippen molar-refractivity contribution in [3.63, 3.8) is 0 Å². The molecule has 0 spiro atoms. The lowest BCUT2D eigenvalue weighted by molar-refractivity contribution is -0.116. The average Bonchev–Trinajstić information content (AvgIpc) is 2.96. The van der Waals surface area contributed by atoms with Crippen LogP contribution in [-0.2, 0) is 4.79 Å². The lowest BCUT2D eigenvalue weighted by Crippen LogP contribution is -2.45. The molecule has 150 valence electrons. The van der Waals surface area contributed by atoms with E-state index in [0.717, 1.165) is 13.0 Å². The molecule has 1 unspecified atom stereocenters. The van der Waals surface area contributed by atoms with Crippen LogP contribution in [0.15, 0.2) is 18.2 Å². The molecule has 0 bridgehead atoms. The summed E-state index contributed by atoms with van der Waals surface area (Å²) in [6.07, 6.45) is 3.97. The van der Waals surface area contributed by atoms with Crippen LogP contribution in [0.4, 0.5) is 5.69 Å². The van der Waals surface area contributed by atoms with Gasteiger partial charge >= 0.3 is 0 Å². The molecule has 1 N–H and O–H groups in total. The first-order valence-corrected chi connectivity index (χ1v) is 12.4. The van der Waals surface area contributed by atoms with Gasteiger partial charge in [0.05, 0.1) is 12.8 Å². The number of hydrogen-bond donors (Lipinski definition) is 1. The van der Waals surface area contributed by atoms with Crippen molar-refractivity contribution in [2.45, 2.75) is 31.7 Å². The number of halogens is 1. The van der Waals surface area contributed by atoms with Gasteiger partial charge in [0.15, 0.2) is 0 Å². The number of nitrogens with zero attached hydrogens (tertiary/aromatic N) is 1. The van der Waals surface area contributed by atoms with Crippen LogP contribution in [0.1, 0.15) is 25.7 Å². The Hall–Kier alpha value is -0.560. The van der Waals surface area contributed by atoms with Gasteiger partial charge in [-0.2, -0.15) is 23.5 Å². The number of methoxy groups -OCH3 is 1. The van der Waals surface area contributed by atoms with Gasteiger partial charge in [0.25, 0.3) is 0 Å². The third-order valence-corrected chi connectivity index (χ3v) is 7.99. The molecule has 7 heteroatoms. The first kappa shape index (κ1) is 21.2. The smallest absolute Gasteiger partial charge is 0.224 e. The Balaban J connectivity index is 1.47. The number of thioether (sulfide) groups is 2. The van der Waals surface area contributed by atoms with Crippen LogP contribution in [0, 0.1) is 5.92 Å². The molecule has 2 saturated heterocycles. The Morgan fingerprint density at radius 1 is 1.33 bits per heavy atom. The SMILES string of the molecule is COc1ccc(Cl)cc1NC(=O)CCC1CCCN(C2CSCCSC2)C1. The summed E-state index contributed by atoms with van der Waals surface area (Å²) in [5.74, 6) is 6.37. The third-order valence-electron chi connectivity index (χ3n) is 5.27. The summed E-state index contributed by atoms with van der Waals surface area (Å²) < 4.78 is 5.30. The zero-order valence-electron chi connectivity index (χ0n) is 15.9. The van der Waals surface area contributed by atoms with Gasteiger partial charge in [0.2, 0.25) is 5.91 Å². The summed E-state index contributed by atoms with van der Waals surface area (Å²) in [4.78, 5) is 15.1. The second-order valence-corrected chi connectivity index (χ2v) is 9.97. The molecule has 2 aliphatic heterocycles. The van der Waals surface area contributed by atoms with E-state index in [4.69, 9.17) is 16.3 Å². The van der Waals surface area contributed by atoms with E-state index in [1.165, 1.54) is 42.4 Å². The molecule has 0 aliphatic carbocycles. The van der Waals surface area contributed by atoms with Crippen LogP contribution < -0.4 is 10.1 Å². The van der Waals surface area contributed by atoms with E-state index >= 15 is 0 Å². The topological polar surface area (TPSA) is 41.6 Å². The molecule has 27 heavy (non-hydrogen) atoms. The zero-order valence-corrected chi connectivity index (χ0v) is 18.3. The zero-order chi connectivity index (χ0) is 19.1. The molecular formula is C20H29ClN2O2S2. The number of carbonyl (C=O) groups is 1. The molecule has 0 aromatic heterocycles. The van der Waals surface area contributed by atoms with Gasteiger partial charge in [0.1, 0.15) is 5.75 Å². The second kappa shape index (κ2) is 10.8. The van der Waals surface area contributed by atoms with Gasteiger partial charge < -0.3 is 10.1 Å². The predicted octanol–water partition coefficient (Wildman–Crippen LogP) is 4.63. The Morgan fingerprint density at radius 3 is 2.85 bits per heavy atom. The van der Waals surface area contributed by atoms with Crippen LogP contribution in [0.3, 0.4) is 0 Å². The number of piperidine rings is 1. The monoisotopic (exact) mass is 428 g/mol. The maximum Gasteiger partial charge on any atom is 0.224 e. The van der Waals surface area contributed by atoms with E-state index in [1.807, 2.05) is 0 Å². The Labute approximate surface area is 176 Å². The molecular weight excluding hydrogens is 400 g/mol. The first-order valence-electron chi connectivity index (χ1n) is 9.68. The molecule has 0 saturated carbocycles. The van der Waals surface area contributed by atoms with Gasteiger partial charge in [-0.1, -0.05) is 11.6 Å². The number of benzene rings is 1. The Kier molecular flexibility index (Phi) is 8.49. The number of anilines is 1. The summed E-state index contributed by atoms with van der Waals surface area (Å²) in [5, 5.41) is 3.55. The maximum absolute atomic E-state index is 12.4. The highest BCUT2D eigenvalue weighted by Gasteiger charge is 2.27. The van der Waals surface area contributed by atoms with E-state index in [0.29, 0.717) is 34.8 Å². The highest BCUT2D eigenvalue weighted by atomic mass is 35.5. The van der Waals surface area contributed by atoms with Crippen molar-refractivity contribution in [1.82, 2.24) is 4.90 Å². The number of likely N-dealkylation sites (tertiary alicyclic amines) is 1. The minimum atomic E-state index is 0.0354. The fourth-order valence-electron chi connectivity index (χ4n) is 3.81. The molecule has 2 heterocycles. The van der Waals surface area contributed by atoms with Crippen molar-refractivity contribution in [1.29, 1.82) is 0 Å². The van der Waals surface area contributed by atoms with Crippen molar-refractivity contribution in [2.24, 2.45) is 5.92 Å². The van der Waals surface area contributed by atoms with Crippen molar-refractivity contribution >= 4 is 46.7 Å². The summed E-state index contributed by atoms with van der Waals surface area (Å²) in [6, 6.07) is 5.98. The molecule has 2 fully saturated rings. The van der Waals surface area contributed by atoms with E-state index < -0.39 is 0 Å². The van der Waals surface area contributed by atoms with Gasteiger partial charge in [-0.05, 0) is 49.9 Å². The molecule has 0 radical (unpaired) electrons. The molecule has 1 amide bonds. The number of ether oxygens (including phenoxy) is 1. The molecule has 3 rings (SSSR count). The minimum Gasteiger partial charge on any atom is -0.495 e. The summed E-state index contributed by atoms with van der Waals surface area (Å²) >= 11 is 10.2. The molecule has 2 aliphatic rings. The van der Waals surface area contributed by atoms with Gasteiger partial charge in [0, 0.05) is 47.0 Å². The van der Waals surface area contributed by atoms with E-state index in [-0.39, 0.29) is 5.91 Å². The predicted molar refractivity (Wildman–Crippen MR) is 119 cm³/mol. The van der Waals surface area contributed by atoms with Crippen LogP contribution >= 0.6 is 35.1 Å². The maximum atomic E-state index is 12.4. The van der Waals surface area contributed by atoms with Crippen LogP contribution in [0.25, 0.3) is 0 Å². The number of amides is 1. The second-order valence-electron chi connectivity index (χ2n) is 7.24. The van der Waals surface area contributed by atoms with Gasteiger partial charge in [-0.15, -0.1) is 0 Å². The Bertz CT molecular complexity index is 624. The lowest BCUT2D eigenvalue weighted by Gasteiger charge is -2.37. The summed E-state index contributed by atoms with van der Waals surface area (Å²) in [6.45, 7) is 2.35. The summed E-state index contributed by atoms with van der Waals surface area (Å²) in [5.41, 5.74) is 0.646. The highest BCUT2D eigenvalue weighted by Crippen LogP contribution is 2.29. The van der Waals surface area contributed by atoms with E-state index in [1.54, 1.807) is 25.3 Å². The fourth-order valence-corrected chi connectivity index (χ4v) is 6.60. The minimum absolute atomic E-state index is 0.0354. The van der Waals surface area contributed by atoms with Crippen molar-refractivity contribution in [3.8, 4) is 5.75 Å². The standard InChI is InChI=1S/C20H29ClN2O2S2/c1-25-19-6-5-16(21)11-18(19)22-20(24)7-4-15-3-2-8-23(12-15)17-13-26-9-10-27-14-17/h5-6,11,15,17H,2-4,7-10,12-14H2,1H3,(H,22,24). The molecule has 1 atom stereocenters. The van der Waals surface area contributed by atoms with Crippen molar-refractivity contribution in [3.05, 3.63) is 23.2 Å². The largest absolute Gasteiger partial charge is 0.495 e. The van der Waals surface area contributed by atoms with E-state index in [2.05, 4.69) is 33.7 Å². The molecule has 1 aromatic carbocycles. The number of nitrogens with one attached hydrogen (secondary N) is 1. The van der Waals surface area contributed by atoms with Gasteiger partial charge in [-0.3, -0.25) is 9.69 Å². The van der Waals surface area contributed by atoms with Crippen molar-refractivity contribution < 1.29 is 9.53 Å². The van der Waals surface area contributed by atoms with Gasteiger partial charge in [-0.25, -0.2) is 0 Å². The first-order chi connectivity index (χ1) is 13.2. The number of hydrogen-bond acceptors (Lipinski definition) is 5. The quantitative estimate of drug-likeness (QED) is 0.715. The lowest BCUT2D eigenvalue weighted by atomic mass is 9.92. The normalized spacial score (nSPS) is 22.2. The highest BCUT2D eigenvalue weighted by molar-refractivity contribution is 8.03. The fraction of sp³-hybridized carbons (Fsp3) is 0.650. The van der Waals surface area contributed by atoms with Crippen molar-refractivity contribution in [2.75, 3.05) is 48.5 Å². The molecule has 1 aromatic rings. The van der Waals surface area contributed by atoms with Crippen LogP contribution in [0.2, 0.25) is 5.02 Å². The van der Waals surface area contributed by atoms with Crippen LogP contribution in [-0.4, -0.2) is 60.1 Å². The summed E-state index contributed by atoms with van der Waals surface area (Å²) in [7, 11) is 1.60. The van der Waals surface area contributed by atoms with E-state index in [9.17, 15) is 4.79 Å². The Morgan fingerprint density at radius 2 is 2.11 bits per heavy atom.